The van der Waals surface area contributed by atoms with Gasteiger partial charge >= 0.3 is 0 Å². The van der Waals surface area contributed by atoms with Gasteiger partial charge in [0.05, 0.1) is 11.1 Å². The van der Waals surface area contributed by atoms with E-state index in [1.165, 1.54) is 16.7 Å². The summed E-state index contributed by atoms with van der Waals surface area (Å²) in [5.41, 5.74) is 6.31. The van der Waals surface area contributed by atoms with Crippen LogP contribution < -0.4 is 9.47 Å². The minimum Gasteiger partial charge on any atom is -0.478 e. The summed E-state index contributed by atoms with van der Waals surface area (Å²) in [6, 6.07) is 20.5. The van der Waals surface area contributed by atoms with E-state index in [-0.39, 0.29) is 11.2 Å². The molecule has 4 heteroatoms. The number of ether oxygens (including phenoxy) is 2. The van der Waals surface area contributed by atoms with Crippen molar-refractivity contribution < 1.29 is 14.3 Å². The Labute approximate surface area is 195 Å². The summed E-state index contributed by atoms with van der Waals surface area (Å²) in [5, 5.41) is 0. The lowest BCUT2D eigenvalue weighted by molar-refractivity contribution is 0.0873. The molecule has 0 saturated heterocycles. The Kier molecular flexibility index (Phi) is 5.34. The fourth-order valence-corrected chi connectivity index (χ4v) is 4.29. The largest absolute Gasteiger partial charge is 0.478 e. The quantitative estimate of drug-likeness (QED) is 0.452. The molecule has 0 spiro atoms. The highest BCUT2D eigenvalue weighted by atomic mass is 16.5. The van der Waals surface area contributed by atoms with E-state index in [0.717, 1.165) is 23.4 Å². The Balaban J connectivity index is 1.38. The van der Waals surface area contributed by atoms with Crippen molar-refractivity contribution in [3.8, 4) is 11.5 Å². The van der Waals surface area contributed by atoms with E-state index >= 15 is 0 Å². The lowest BCUT2D eigenvalue weighted by Crippen LogP contribution is -2.31. The molecule has 0 N–H and O–H groups in total. The molecule has 0 radical (unpaired) electrons. The first-order chi connectivity index (χ1) is 15.8. The topological polar surface area (TPSA) is 38.8 Å². The minimum atomic E-state index is -0.0802. The third kappa shape index (κ3) is 4.31. The predicted octanol–water partition coefficient (Wildman–Crippen LogP) is 6.26. The van der Waals surface area contributed by atoms with Crippen LogP contribution in [0.3, 0.4) is 0 Å². The van der Waals surface area contributed by atoms with Gasteiger partial charge in [-0.2, -0.15) is 0 Å². The number of rotatable bonds is 3. The number of aryl methyl sites for hydroxylation is 1. The van der Waals surface area contributed by atoms with Crippen LogP contribution in [0.2, 0.25) is 0 Å². The number of carbonyl (C=O) groups is 1. The normalized spacial score (nSPS) is 16.8. The average molecular weight is 440 g/mol. The standard InChI is InChI=1S/C29H29NO3/c1-19-5-7-21(8-6-19)16-30-17-24-25(32-18-30)14-13-23-27(31)26(33-28(23)24)15-20-9-11-22(12-10-20)29(2,3)4/h5-15H,16-18H2,1-4H3/b26-15-. The molecule has 0 fully saturated rings. The van der Waals surface area contributed by atoms with Gasteiger partial charge in [-0.3, -0.25) is 9.69 Å². The number of nitrogens with zero attached hydrogens (tertiary/aromatic N) is 1. The lowest BCUT2D eigenvalue weighted by Gasteiger charge is -2.29. The highest BCUT2D eigenvalue weighted by Gasteiger charge is 2.33. The molecule has 0 amide bonds. The molecule has 2 aliphatic heterocycles. The van der Waals surface area contributed by atoms with Crippen LogP contribution in [0.25, 0.3) is 6.08 Å². The molecule has 0 unspecified atom stereocenters. The van der Waals surface area contributed by atoms with E-state index in [4.69, 9.17) is 9.47 Å². The molecular weight excluding hydrogens is 410 g/mol. The summed E-state index contributed by atoms with van der Waals surface area (Å²) < 4.78 is 12.1. The highest BCUT2D eigenvalue weighted by molar-refractivity contribution is 6.15. The molecule has 0 aromatic heterocycles. The number of Topliss-reactive ketones (excluding diaryl/α,β-unsaturated/α-hetero) is 1. The minimum absolute atomic E-state index is 0.0802. The fraction of sp³-hybridized carbons (Fsp3) is 0.276. The van der Waals surface area contributed by atoms with Gasteiger partial charge in [-0.25, -0.2) is 0 Å². The summed E-state index contributed by atoms with van der Waals surface area (Å²) in [6.07, 6.45) is 1.83. The molecule has 3 aromatic rings. The first kappa shape index (κ1) is 21.5. The van der Waals surface area contributed by atoms with Crippen molar-refractivity contribution in [1.29, 1.82) is 0 Å². The SMILES string of the molecule is Cc1ccc(CN2COc3ccc4c(c3C2)O/C(=C\c2ccc(C(C)(C)C)cc2)C4=O)cc1. The Morgan fingerprint density at radius 3 is 2.39 bits per heavy atom. The van der Waals surface area contributed by atoms with E-state index in [1.807, 2.05) is 30.3 Å². The summed E-state index contributed by atoms with van der Waals surface area (Å²) >= 11 is 0. The van der Waals surface area contributed by atoms with Gasteiger partial charge in [0.1, 0.15) is 18.2 Å². The number of benzene rings is 3. The molecule has 4 nitrogen and oxygen atoms in total. The van der Waals surface area contributed by atoms with Gasteiger partial charge in [0.25, 0.3) is 0 Å². The molecule has 5 rings (SSSR count). The van der Waals surface area contributed by atoms with Gasteiger partial charge < -0.3 is 9.47 Å². The van der Waals surface area contributed by atoms with E-state index in [0.29, 0.717) is 30.3 Å². The second-order valence-corrected chi connectivity index (χ2v) is 9.98. The van der Waals surface area contributed by atoms with Crippen molar-refractivity contribution in [2.75, 3.05) is 6.73 Å². The number of allylic oxidation sites excluding steroid dienone is 1. The number of hydrogen-bond donors (Lipinski definition) is 0. The molecule has 168 valence electrons. The van der Waals surface area contributed by atoms with Gasteiger partial charge in [0.15, 0.2) is 5.76 Å². The molecule has 33 heavy (non-hydrogen) atoms. The van der Waals surface area contributed by atoms with Crippen LogP contribution in [0.4, 0.5) is 0 Å². The van der Waals surface area contributed by atoms with Crippen molar-refractivity contribution in [3.63, 3.8) is 0 Å². The van der Waals surface area contributed by atoms with E-state index in [9.17, 15) is 4.79 Å². The summed E-state index contributed by atoms with van der Waals surface area (Å²) in [5.74, 6) is 1.70. The molecule has 0 aliphatic carbocycles. The van der Waals surface area contributed by atoms with Crippen molar-refractivity contribution >= 4 is 11.9 Å². The monoisotopic (exact) mass is 439 g/mol. The molecular formula is C29H29NO3. The second kappa shape index (κ2) is 8.20. The number of hydrogen-bond acceptors (Lipinski definition) is 4. The van der Waals surface area contributed by atoms with Crippen molar-refractivity contribution in [2.45, 2.75) is 46.2 Å². The van der Waals surface area contributed by atoms with Gasteiger partial charge in [-0.05, 0) is 47.2 Å². The van der Waals surface area contributed by atoms with E-state index < -0.39 is 0 Å². The average Bonchev–Trinajstić information content (AvgIpc) is 3.11. The Morgan fingerprint density at radius 2 is 1.70 bits per heavy atom. The maximum absolute atomic E-state index is 13.1. The number of fused-ring (bicyclic) bond motifs is 3. The molecule has 0 bridgehead atoms. The van der Waals surface area contributed by atoms with Crippen LogP contribution in [0, 0.1) is 6.92 Å². The first-order valence-electron chi connectivity index (χ1n) is 11.4. The second-order valence-electron chi connectivity index (χ2n) is 9.98. The third-order valence-electron chi connectivity index (χ3n) is 6.28. The summed E-state index contributed by atoms with van der Waals surface area (Å²) in [7, 11) is 0. The predicted molar refractivity (Wildman–Crippen MR) is 130 cm³/mol. The van der Waals surface area contributed by atoms with Crippen LogP contribution in [-0.2, 0) is 18.5 Å². The molecule has 2 aliphatic rings. The van der Waals surface area contributed by atoms with Crippen LogP contribution in [0.5, 0.6) is 11.5 Å². The van der Waals surface area contributed by atoms with Crippen molar-refractivity contribution in [3.05, 3.63) is 99.8 Å². The fourth-order valence-electron chi connectivity index (χ4n) is 4.29. The maximum Gasteiger partial charge on any atom is 0.231 e. The van der Waals surface area contributed by atoms with Gasteiger partial charge in [-0.1, -0.05) is 74.9 Å². The van der Waals surface area contributed by atoms with Crippen LogP contribution in [0.15, 0.2) is 66.4 Å². The van der Waals surface area contributed by atoms with Gasteiger partial charge in [0, 0.05) is 13.1 Å². The van der Waals surface area contributed by atoms with Crippen LogP contribution in [0.1, 0.15) is 58.9 Å². The van der Waals surface area contributed by atoms with E-state index in [1.54, 1.807) is 0 Å². The molecule has 0 atom stereocenters. The molecule has 0 saturated carbocycles. The first-order valence-corrected chi connectivity index (χ1v) is 11.4. The van der Waals surface area contributed by atoms with Crippen LogP contribution in [-0.4, -0.2) is 17.4 Å². The summed E-state index contributed by atoms with van der Waals surface area (Å²) in [4.78, 5) is 15.3. The Hall–Kier alpha value is -3.37. The van der Waals surface area contributed by atoms with Gasteiger partial charge in [-0.15, -0.1) is 0 Å². The zero-order chi connectivity index (χ0) is 23.2. The summed E-state index contributed by atoms with van der Waals surface area (Å²) in [6.45, 7) is 10.6. The Bertz CT molecular complexity index is 1230. The Morgan fingerprint density at radius 1 is 0.970 bits per heavy atom. The number of carbonyl (C=O) groups excluding carboxylic acids is 1. The van der Waals surface area contributed by atoms with E-state index in [2.05, 4.69) is 69.0 Å². The highest BCUT2D eigenvalue weighted by Crippen LogP contribution is 2.42. The zero-order valence-electron chi connectivity index (χ0n) is 19.6. The van der Waals surface area contributed by atoms with Crippen LogP contribution >= 0.6 is 0 Å². The van der Waals surface area contributed by atoms with Crippen molar-refractivity contribution in [2.24, 2.45) is 0 Å². The van der Waals surface area contributed by atoms with Gasteiger partial charge in [0.2, 0.25) is 5.78 Å². The maximum atomic E-state index is 13.1. The smallest absolute Gasteiger partial charge is 0.231 e. The number of ketones is 1. The third-order valence-corrected chi connectivity index (χ3v) is 6.28. The lowest BCUT2D eigenvalue weighted by atomic mass is 9.86. The zero-order valence-corrected chi connectivity index (χ0v) is 19.6. The molecule has 3 aromatic carbocycles. The molecule has 2 heterocycles. The van der Waals surface area contributed by atoms with Crippen molar-refractivity contribution in [1.82, 2.24) is 4.90 Å².